The molecule has 1 atom stereocenters. The number of rotatable bonds is 16. The number of alkyl halides is 3. The van der Waals surface area contributed by atoms with Crippen LogP contribution in [0.4, 0.5) is 13.2 Å². The maximum absolute atomic E-state index is 13.2. The second-order valence-electron chi connectivity index (χ2n) is 9.93. The highest BCUT2D eigenvalue weighted by Gasteiger charge is 2.42. The predicted octanol–water partition coefficient (Wildman–Crippen LogP) is 8.38. The highest BCUT2D eigenvalue weighted by Crippen LogP contribution is 2.28. The third kappa shape index (κ3) is 10.5. The van der Waals surface area contributed by atoms with Crippen LogP contribution in [0.1, 0.15) is 92.4 Å². The van der Waals surface area contributed by atoms with Gasteiger partial charge in [-0.1, -0.05) is 64.5 Å². The molecule has 42 heavy (non-hydrogen) atoms. The van der Waals surface area contributed by atoms with Gasteiger partial charge in [0.2, 0.25) is 0 Å². The zero-order chi connectivity index (χ0) is 30.4. The summed E-state index contributed by atoms with van der Waals surface area (Å²) in [5.74, 6) is -0.538. The highest BCUT2D eigenvalue weighted by atomic mass is 19.4. The van der Waals surface area contributed by atoms with E-state index in [4.69, 9.17) is 14.2 Å². The number of aromatic nitrogens is 2. The fourth-order valence-corrected chi connectivity index (χ4v) is 4.07. The van der Waals surface area contributed by atoms with Crippen LogP contribution in [0.5, 0.6) is 11.5 Å². The number of carbonyl (C=O) groups excluding carboxylic acids is 2. The molecule has 0 bridgehead atoms. The van der Waals surface area contributed by atoms with E-state index in [1.54, 1.807) is 43.6 Å². The first-order valence-corrected chi connectivity index (χ1v) is 14.4. The van der Waals surface area contributed by atoms with E-state index in [0.717, 1.165) is 12.8 Å². The van der Waals surface area contributed by atoms with Crippen LogP contribution in [0.15, 0.2) is 60.9 Å². The minimum Gasteiger partial charge on any atom is -0.490 e. The van der Waals surface area contributed by atoms with Gasteiger partial charge in [-0.3, -0.25) is 0 Å². The molecule has 0 aliphatic heterocycles. The third-order valence-corrected chi connectivity index (χ3v) is 6.51. The van der Waals surface area contributed by atoms with E-state index in [2.05, 4.69) is 16.9 Å². The van der Waals surface area contributed by atoms with Crippen LogP contribution in [0.25, 0.3) is 11.4 Å². The third-order valence-electron chi connectivity index (χ3n) is 6.51. The number of esters is 2. The van der Waals surface area contributed by atoms with Gasteiger partial charge in [0.1, 0.15) is 5.75 Å². The van der Waals surface area contributed by atoms with Gasteiger partial charge in [-0.15, -0.1) is 0 Å². The van der Waals surface area contributed by atoms with Crippen LogP contribution < -0.4 is 9.47 Å². The Morgan fingerprint density at radius 1 is 0.738 bits per heavy atom. The SMILES string of the molecule is CCCCCCCCOc1cnc(-c2ccc(C(=O)Oc3ccc(C(=O)O[C@@H](CCCC)C(F)(F)F)cc3)cc2)nc1. The molecule has 0 saturated heterocycles. The van der Waals surface area contributed by atoms with Crippen molar-refractivity contribution in [2.24, 2.45) is 0 Å². The van der Waals surface area contributed by atoms with Gasteiger partial charge in [0.25, 0.3) is 0 Å². The van der Waals surface area contributed by atoms with E-state index in [1.165, 1.54) is 49.9 Å². The van der Waals surface area contributed by atoms with E-state index in [0.29, 0.717) is 30.2 Å². The van der Waals surface area contributed by atoms with Crippen molar-refractivity contribution < 1.29 is 37.0 Å². The number of nitrogens with zero attached hydrogens (tertiary/aromatic N) is 2. The molecule has 10 heteroatoms. The van der Waals surface area contributed by atoms with Crippen molar-refractivity contribution in [2.45, 2.75) is 83.9 Å². The molecule has 1 heterocycles. The van der Waals surface area contributed by atoms with Gasteiger partial charge in [0.15, 0.2) is 17.7 Å². The maximum Gasteiger partial charge on any atom is 0.425 e. The van der Waals surface area contributed by atoms with Crippen molar-refractivity contribution >= 4 is 11.9 Å². The average Bonchev–Trinajstić information content (AvgIpc) is 2.99. The molecular formula is C32H37F3N2O5. The van der Waals surface area contributed by atoms with Crippen molar-refractivity contribution in [3.05, 3.63) is 72.1 Å². The number of unbranched alkanes of at least 4 members (excludes halogenated alkanes) is 6. The smallest absolute Gasteiger partial charge is 0.425 e. The monoisotopic (exact) mass is 586 g/mol. The van der Waals surface area contributed by atoms with Crippen molar-refractivity contribution in [1.82, 2.24) is 9.97 Å². The highest BCUT2D eigenvalue weighted by molar-refractivity contribution is 5.92. The summed E-state index contributed by atoms with van der Waals surface area (Å²) in [7, 11) is 0. The number of halogens is 3. The second kappa shape index (κ2) is 16.5. The molecule has 0 aliphatic carbocycles. The summed E-state index contributed by atoms with van der Waals surface area (Å²) < 4.78 is 55.3. The summed E-state index contributed by atoms with van der Waals surface area (Å²) in [6.07, 6.45) is 4.04. The molecule has 0 aliphatic rings. The number of benzene rings is 2. The van der Waals surface area contributed by atoms with Gasteiger partial charge in [0, 0.05) is 5.56 Å². The minimum absolute atomic E-state index is 0.0799. The quantitative estimate of drug-likeness (QED) is 0.0946. The molecule has 0 spiro atoms. The van der Waals surface area contributed by atoms with E-state index in [-0.39, 0.29) is 29.7 Å². The van der Waals surface area contributed by atoms with Crippen LogP contribution in [0.2, 0.25) is 0 Å². The Balaban J connectivity index is 1.50. The minimum atomic E-state index is -4.65. The summed E-state index contributed by atoms with van der Waals surface area (Å²) in [4.78, 5) is 33.5. The Hall–Kier alpha value is -3.95. The Bertz CT molecular complexity index is 1250. The summed E-state index contributed by atoms with van der Waals surface area (Å²) in [5, 5.41) is 0. The Morgan fingerprint density at radius 3 is 1.93 bits per heavy atom. The Kier molecular flexibility index (Phi) is 12.8. The van der Waals surface area contributed by atoms with Gasteiger partial charge in [-0.25, -0.2) is 19.6 Å². The maximum atomic E-state index is 13.2. The van der Waals surface area contributed by atoms with E-state index >= 15 is 0 Å². The molecule has 7 nitrogen and oxygen atoms in total. The lowest BCUT2D eigenvalue weighted by Gasteiger charge is -2.20. The van der Waals surface area contributed by atoms with Crippen LogP contribution >= 0.6 is 0 Å². The normalized spacial score (nSPS) is 12.0. The Labute approximate surface area is 244 Å². The molecule has 0 unspecified atom stereocenters. The van der Waals surface area contributed by atoms with Gasteiger partial charge in [-0.05, 0) is 55.7 Å². The lowest BCUT2D eigenvalue weighted by atomic mass is 10.1. The van der Waals surface area contributed by atoms with Gasteiger partial charge in [0.05, 0.1) is 30.1 Å². The molecule has 3 aromatic rings. The van der Waals surface area contributed by atoms with Crippen molar-refractivity contribution in [3.8, 4) is 22.9 Å². The number of hydrogen-bond acceptors (Lipinski definition) is 7. The fraction of sp³-hybridized carbons (Fsp3) is 0.438. The molecule has 0 fully saturated rings. The lowest BCUT2D eigenvalue weighted by Crippen LogP contribution is -2.33. The summed E-state index contributed by atoms with van der Waals surface area (Å²) in [5.41, 5.74) is 0.891. The van der Waals surface area contributed by atoms with Crippen molar-refractivity contribution in [2.75, 3.05) is 6.61 Å². The first kappa shape index (κ1) is 32.6. The fourth-order valence-electron chi connectivity index (χ4n) is 4.07. The molecule has 226 valence electrons. The predicted molar refractivity (Wildman–Crippen MR) is 153 cm³/mol. The van der Waals surface area contributed by atoms with Crippen LogP contribution in [0, 0.1) is 0 Å². The Morgan fingerprint density at radius 2 is 1.31 bits per heavy atom. The van der Waals surface area contributed by atoms with Crippen molar-refractivity contribution in [1.29, 1.82) is 0 Å². The van der Waals surface area contributed by atoms with Gasteiger partial charge in [-0.2, -0.15) is 13.2 Å². The molecular weight excluding hydrogens is 549 g/mol. The number of ether oxygens (including phenoxy) is 3. The molecule has 0 amide bonds. The van der Waals surface area contributed by atoms with Crippen LogP contribution in [-0.2, 0) is 4.74 Å². The number of carbonyl (C=O) groups is 2. The first-order chi connectivity index (χ1) is 20.2. The van der Waals surface area contributed by atoms with Gasteiger partial charge < -0.3 is 14.2 Å². The van der Waals surface area contributed by atoms with Crippen molar-refractivity contribution in [3.63, 3.8) is 0 Å². The molecule has 3 rings (SSSR count). The first-order valence-electron chi connectivity index (χ1n) is 14.4. The van der Waals surface area contributed by atoms with E-state index in [1.807, 2.05) is 0 Å². The summed E-state index contributed by atoms with van der Waals surface area (Å²) in [6, 6.07) is 11.7. The summed E-state index contributed by atoms with van der Waals surface area (Å²) in [6.45, 7) is 4.57. The largest absolute Gasteiger partial charge is 0.490 e. The number of hydrogen-bond donors (Lipinski definition) is 0. The molecule has 0 N–H and O–H groups in total. The topological polar surface area (TPSA) is 87.6 Å². The molecule has 0 saturated carbocycles. The molecule has 1 aromatic heterocycles. The van der Waals surface area contributed by atoms with E-state index < -0.39 is 24.2 Å². The van der Waals surface area contributed by atoms with Gasteiger partial charge >= 0.3 is 18.1 Å². The summed E-state index contributed by atoms with van der Waals surface area (Å²) >= 11 is 0. The zero-order valence-corrected chi connectivity index (χ0v) is 24.0. The standard InChI is InChI=1S/C32H37F3N2O5/c1-3-5-7-8-9-10-20-40-27-21-36-29(37-22-27)23-12-14-24(15-13-23)30(38)41-26-18-16-25(17-19-26)31(39)42-28(11-6-4-2)32(33,34)35/h12-19,21-22,28H,3-11,20H2,1-2H3/t28-/m0/s1. The molecule has 0 radical (unpaired) electrons. The average molecular weight is 587 g/mol. The van der Waals surface area contributed by atoms with Crippen LogP contribution in [-0.4, -0.2) is 40.8 Å². The second-order valence-corrected chi connectivity index (χ2v) is 9.93. The van der Waals surface area contributed by atoms with Crippen LogP contribution in [0.3, 0.4) is 0 Å². The molecule has 2 aromatic carbocycles. The zero-order valence-electron chi connectivity index (χ0n) is 24.0. The lowest BCUT2D eigenvalue weighted by molar-refractivity contribution is -0.206. The van der Waals surface area contributed by atoms with E-state index in [9.17, 15) is 22.8 Å².